The van der Waals surface area contributed by atoms with Gasteiger partial charge in [0.15, 0.2) is 0 Å². The number of thiophene rings is 1. The van der Waals surface area contributed by atoms with Crippen LogP contribution in [0.25, 0.3) is 0 Å². The first kappa shape index (κ1) is 9.46. The summed E-state index contributed by atoms with van der Waals surface area (Å²) in [4.78, 5) is 11.2. The Kier molecular flexibility index (Phi) is 2.68. The molecular formula is C10H14OS. The second-order valence-electron chi connectivity index (χ2n) is 3.75. The largest absolute Gasteiger partial charge is 0.299 e. The van der Waals surface area contributed by atoms with Crippen LogP contribution in [0.4, 0.5) is 0 Å². The van der Waals surface area contributed by atoms with Crippen LogP contribution in [0.1, 0.15) is 26.3 Å². The van der Waals surface area contributed by atoms with Gasteiger partial charge in [-0.15, -0.1) is 0 Å². The van der Waals surface area contributed by atoms with Crippen molar-refractivity contribution in [2.45, 2.75) is 27.2 Å². The van der Waals surface area contributed by atoms with E-state index in [1.807, 2.05) is 19.2 Å². The second-order valence-corrected chi connectivity index (χ2v) is 4.53. The summed E-state index contributed by atoms with van der Waals surface area (Å²) in [7, 11) is 0. The number of hydrogen-bond donors (Lipinski definition) is 0. The molecule has 0 N–H and O–H groups in total. The molecular weight excluding hydrogens is 168 g/mol. The summed E-state index contributed by atoms with van der Waals surface area (Å²) in [6, 6.07) is 2.08. The standard InChI is InChI=1S/C10H14OS/c1-8(11)10(2,3)6-9-4-5-12-7-9/h4-5,7H,6H2,1-3H3. The Hall–Kier alpha value is -0.630. The van der Waals surface area contributed by atoms with Crippen molar-refractivity contribution in [3.8, 4) is 0 Å². The van der Waals surface area contributed by atoms with Crippen LogP contribution in [-0.2, 0) is 11.2 Å². The fourth-order valence-corrected chi connectivity index (χ4v) is 1.70. The molecule has 1 aromatic heterocycles. The van der Waals surface area contributed by atoms with E-state index in [9.17, 15) is 4.79 Å². The van der Waals surface area contributed by atoms with E-state index in [1.54, 1.807) is 18.3 Å². The Bertz CT molecular complexity index is 259. The zero-order valence-electron chi connectivity index (χ0n) is 7.76. The van der Waals surface area contributed by atoms with Crippen molar-refractivity contribution >= 4 is 17.1 Å². The molecule has 1 rings (SSSR count). The highest BCUT2D eigenvalue weighted by molar-refractivity contribution is 7.07. The van der Waals surface area contributed by atoms with Crippen LogP contribution in [0.2, 0.25) is 0 Å². The Morgan fingerprint density at radius 2 is 2.25 bits per heavy atom. The van der Waals surface area contributed by atoms with Crippen LogP contribution in [-0.4, -0.2) is 5.78 Å². The highest BCUT2D eigenvalue weighted by atomic mass is 32.1. The predicted molar refractivity (Wildman–Crippen MR) is 52.5 cm³/mol. The quantitative estimate of drug-likeness (QED) is 0.702. The van der Waals surface area contributed by atoms with Crippen molar-refractivity contribution in [3.05, 3.63) is 22.4 Å². The summed E-state index contributed by atoms with van der Waals surface area (Å²) < 4.78 is 0. The molecule has 0 fully saturated rings. The van der Waals surface area contributed by atoms with Gasteiger partial charge in [0, 0.05) is 5.41 Å². The van der Waals surface area contributed by atoms with Crippen LogP contribution in [0, 0.1) is 5.41 Å². The maximum absolute atomic E-state index is 11.2. The lowest BCUT2D eigenvalue weighted by molar-refractivity contribution is -0.124. The molecule has 2 heteroatoms. The molecule has 0 amide bonds. The molecule has 0 aliphatic rings. The van der Waals surface area contributed by atoms with Gasteiger partial charge >= 0.3 is 0 Å². The van der Waals surface area contributed by atoms with Gasteiger partial charge < -0.3 is 0 Å². The van der Waals surface area contributed by atoms with Crippen LogP contribution >= 0.6 is 11.3 Å². The number of ketones is 1. The summed E-state index contributed by atoms with van der Waals surface area (Å²) in [6.07, 6.45) is 0.853. The third kappa shape index (κ3) is 2.18. The second kappa shape index (κ2) is 3.40. The minimum Gasteiger partial charge on any atom is -0.299 e. The Morgan fingerprint density at radius 3 is 2.67 bits per heavy atom. The highest BCUT2D eigenvalue weighted by Gasteiger charge is 2.23. The summed E-state index contributed by atoms with van der Waals surface area (Å²) in [5.41, 5.74) is 1.06. The normalized spacial score (nSPS) is 11.6. The molecule has 0 unspecified atom stereocenters. The summed E-state index contributed by atoms with van der Waals surface area (Å²) >= 11 is 1.68. The van der Waals surface area contributed by atoms with Gasteiger partial charge in [-0.25, -0.2) is 0 Å². The van der Waals surface area contributed by atoms with Crippen LogP contribution in [0.15, 0.2) is 16.8 Å². The first-order valence-electron chi connectivity index (χ1n) is 4.04. The lowest BCUT2D eigenvalue weighted by atomic mass is 9.83. The zero-order chi connectivity index (χ0) is 9.19. The predicted octanol–water partition coefficient (Wildman–Crippen LogP) is 2.91. The molecule has 0 atom stereocenters. The summed E-state index contributed by atoms with van der Waals surface area (Å²) in [6.45, 7) is 5.65. The average molecular weight is 182 g/mol. The van der Waals surface area contributed by atoms with Crippen LogP contribution in [0.3, 0.4) is 0 Å². The molecule has 0 aliphatic heterocycles. The topological polar surface area (TPSA) is 17.1 Å². The lowest BCUT2D eigenvalue weighted by Gasteiger charge is -2.19. The van der Waals surface area contributed by atoms with E-state index in [0.29, 0.717) is 0 Å². The van der Waals surface area contributed by atoms with Crippen molar-refractivity contribution in [1.29, 1.82) is 0 Å². The van der Waals surface area contributed by atoms with Gasteiger partial charge in [0.25, 0.3) is 0 Å². The fraction of sp³-hybridized carbons (Fsp3) is 0.500. The molecule has 1 heterocycles. The van der Waals surface area contributed by atoms with Crippen molar-refractivity contribution in [2.75, 3.05) is 0 Å². The summed E-state index contributed by atoms with van der Waals surface area (Å²) in [5, 5.41) is 4.15. The molecule has 1 nitrogen and oxygen atoms in total. The van der Waals surface area contributed by atoms with Gasteiger partial charge in [-0.3, -0.25) is 4.79 Å². The van der Waals surface area contributed by atoms with E-state index in [-0.39, 0.29) is 11.2 Å². The smallest absolute Gasteiger partial charge is 0.135 e. The van der Waals surface area contributed by atoms with Gasteiger partial charge in [-0.1, -0.05) is 13.8 Å². The van der Waals surface area contributed by atoms with E-state index in [2.05, 4.69) is 11.4 Å². The monoisotopic (exact) mass is 182 g/mol. The lowest BCUT2D eigenvalue weighted by Crippen LogP contribution is -2.23. The van der Waals surface area contributed by atoms with Crippen molar-refractivity contribution in [3.63, 3.8) is 0 Å². The van der Waals surface area contributed by atoms with E-state index in [4.69, 9.17) is 0 Å². The number of Topliss-reactive ketones (excluding diaryl/α,β-unsaturated/α-hetero) is 1. The van der Waals surface area contributed by atoms with E-state index in [1.165, 1.54) is 5.56 Å². The maximum Gasteiger partial charge on any atom is 0.135 e. The molecule has 0 saturated carbocycles. The third-order valence-electron chi connectivity index (χ3n) is 2.18. The van der Waals surface area contributed by atoms with Gasteiger partial charge in [0.1, 0.15) is 5.78 Å². The first-order chi connectivity index (χ1) is 5.52. The number of carbonyl (C=O) groups excluding carboxylic acids is 1. The molecule has 0 spiro atoms. The van der Waals surface area contributed by atoms with Gasteiger partial charge in [0.2, 0.25) is 0 Å². The van der Waals surface area contributed by atoms with Crippen LogP contribution in [0.5, 0.6) is 0 Å². The number of carbonyl (C=O) groups is 1. The third-order valence-corrected chi connectivity index (χ3v) is 2.91. The van der Waals surface area contributed by atoms with Gasteiger partial charge in [-0.05, 0) is 35.7 Å². The van der Waals surface area contributed by atoms with Crippen molar-refractivity contribution < 1.29 is 4.79 Å². The molecule has 0 radical (unpaired) electrons. The Morgan fingerprint density at radius 1 is 1.58 bits per heavy atom. The SMILES string of the molecule is CC(=O)C(C)(C)Cc1ccsc1. The first-order valence-corrected chi connectivity index (χ1v) is 4.99. The Labute approximate surface area is 77.4 Å². The number of rotatable bonds is 3. The molecule has 0 saturated heterocycles. The minimum atomic E-state index is -0.207. The van der Waals surface area contributed by atoms with Crippen LogP contribution < -0.4 is 0 Å². The van der Waals surface area contributed by atoms with E-state index < -0.39 is 0 Å². The summed E-state index contributed by atoms with van der Waals surface area (Å²) in [5.74, 6) is 0.258. The average Bonchev–Trinajstić information content (AvgIpc) is 2.38. The van der Waals surface area contributed by atoms with Crippen molar-refractivity contribution in [2.24, 2.45) is 5.41 Å². The van der Waals surface area contributed by atoms with E-state index in [0.717, 1.165) is 6.42 Å². The minimum absolute atomic E-state index is 0.207. The molecule has 12 heavy (non-hydrogen) atoms. The molecule has 0 bridgehead atoms. The van der Waals surface area contributed by atoms with Gasteiger partial charge in [-0.2, -0.15) is 11.3 Å². The number of hydrogen-bond acceptors (Lipinski definition) is 2. The van der Waals surface area contributed by atoms with E-state index >= 15 is 0 Å². The van der Waals surface area contributed by atoms with Gasteiger partial charge in [0.05, 0.1) is 0 Å². The maximum atomic E-state index is 11.2. The fourth-order valence-electron chi connectivity index (χ4n) is 1.03. The molecule has 66 valence electrons. The zero-order valence-corrected chi connectivity index (χ0v) is 8.57. The molecule has 0 aliphatic carbocycles. The molecule has 1 aromatic rings. The Balaban J connectivity index is 2.69. The highest BCUT2D eigenvalue weighted by Crippen LogP contribution is 2.23. The van der Waals surface area contributed by atoms with Crippen molar-refractivity contribution in [1.82, 2.24) is 0 Å². The molecule has 0 aromatic carbocycles.